The van der Waals surface area contributed by atoms with E-state index in [-0.39, 0.29) is 0 Å². The lowest BCUT2D eigenvalue weighted by Crippen LogP contribution is -2.40. The Kier molecular flexibility index (Phi) is 4.51. The molecule has 1 saturated carbocycles. The van der Waals surface area contributed by atoms with E-state index >= 15 is 0 Å². The zero-order valence-electron chi connectivity index (χ0n) is 13.3. The first-order valence-corrected chi connectivity index (χ1v) is 8.46. The monoisotopic (exact) mass is 299 g/mol. The normalized spacial score (nSPS) is 19.9. The van der Waals surface area contributed by atoms with Crippen molar-refractivity contribution in [3.8, 4) is 0 Å². The molecule has 1 heterocycles. The molecule has 0 unspecified atom stereocenters. The number of nitrogens with zero attached hydrogens (tertiary/aromatic N) is 1. The number of fused-ring (bicyclic) bond motifs is 1. The maximum atomic E-state index is 10.8. The molecule has 0 bridgehead atoms. The zero-order valence-corrected chi connectivity index (χ0v) is 13.3. The lowest BCUT2D eigenvalue weighted by atomic mass is 9.90. The quantitative estimate of drug-likeness (QED) is 0.848. The molecule has 0 amide bonds. The minimum Gasteiger partial charge on any atom is -0.478 e. The second kappa shape index (κ2) is 6.55. The minimum absolute atomic E-state index is 0.703. The molecule has 1 aromatic carbocycles. The molecular weight excluding hydrogens is 274 g/mol. The Hall–Kier alpha value is -1.77. The molecule has 1 aliphatic heterocycles. The predicted octanol–water partition coefficient (Wildman–Crippen LogP) is 4.26. The molecular formula is C19H25NO2. The van der Waals surface area contributed by atoms with Crippen LogP contribution in [0.25, 0.3) is 5.57 Å². The molecule has 3 heteroatoms. The van der Waals surface area contributed by atoms with Gasteiger partial charge in [-0.05, 0) is 61.4 Å². The van der Waals surface area contributed by atoms with Crippen LogP contribution in [0.1, 0.15) is 56.6 Å². The van der Waals surface area contributed by atoms with Crippen molar-refractivity contribution in [2.45, 2.75) is 57.9 Å². The summed E-state index contributed by atoms with van der Waals surface area (Å²) in [5.74, 6) is -0.876. The van der Waals surface area contributed by atoms with Crippen molar-refractivity contribution in [2.24, 2.45) is 0 Å². The van der Waals surface area contributed by atoms with Gasteiger partial charge in [0.2, 0.25) is 0 Å². The fraction of sp³-hybridized carbons (Fsp3) is 0.526. The van der Waals surface area contributed by atoms with Gasteiger partial charge in [-0.15, -0.1) is 0 Å². The Bertz CT molecular complexity index is 585. The number of aliphatic carboxylic acids is 1. The number of hydrogen-bond acceptors (Lipinski definition) is 2. The van der Waals surface area contributed by atoms with Gasteiger partial charge in [-0.25, -0.2) is 4.79 Å². The van der Waals surface area contributed by atoms with Crippen molar-refractivity contribution in [2.75, 3.05) is 11.4 Å². The van der Waals surface area contributed by atoms with E-state index in [2.05, 4.69) is 23.1 Å². The van der Waals surface area contributed by atoms with Crippen LogP contribution in [0.5, 0.6) is 0 Å². The minimum atomic E-state index is -0.876. The van der Waals surface area contributed by atoms with E-state index in [4.69, 9.17) is 5.11 Å². The van der Waals surface area contributed by atoms with E-state index in [1.54, 1.807) is 0 Å². The number of carboxylic acids is 1. The second-order valence-corrected chi connectivity index (χ2v) is 6.60. The molecule has 118 valence electrons. The van der Waals surface area contributed by atoms with Crippen LogP contribution in [-0.2, 0) is 11.2 Å². The van der Waals surface area contributed by atoms with Gasteiger partial charge in [0.15, 0.2) is 0 Å². The van der Waals surface area contributed by atoms with E-state index in [1.165, 1.54) is 62.4 Å². The summed E-state index contributed by atoms with van der Waals surface area (Å²) in [4.78, 5) is 13.5. The maximum absolute atomic E-state index is 10.8. The van der Waals surface area contributed by atoms with E-state index < -0.39 is 5.97 Å². The average Bonchev–Trinajstić information content (AvgIpc) is 2.54. The summed E-state index contributed by atoms with van der Waals surface area (Å²) in [6.07, 6.45) is 10.3. The number of aryl methyl sites for hydroxylation is 1. The number of allylic oxidation sites excluding steroid dienone is 1. The van der Waals surface area contributed by atoms with E-state index in [0.29, 0.717) is 6.04 Å². The van der Waals surface area contributed by atoms with Gasteiger partial charge in [-0.1, -0.05) is 25.3 Å². The Morgan fingerprint density at radius 3 is 2.73 bits per heavy atom. The summed E-state index contributed by atoms with van der Waals surface area (Å²) in [6, 6.07) is 7.18. The summed E-state index contributed by atoms with van der Waals surface area (Å²) in [6.45, 7) is 3.04. The molecule has 1 fully saturated rings. The zero-order chi connectivity index (χ0) is 15.5. The van der Waals surface area contributed by atoms with Crippen molar-refractivity contribution in [3.63, 3.8) is 0 Å². The molecule has 1 aliphatic carbocycles. The van der Waals surface area contributed by atoms with Crippen molar-refractivity contribution in [1.29, 1.82) is 0 Å². The first-order valence-electron chi connectivity index (χ1n) is 8.46. The number of rotatable bonds is 3. The molecule has 2 aliphatic rings. The van der Waals surface area contributed by atoms with E-state index in [1.807, 2.05) is 6.92 Å². The lowest BCUT2D eigenvalue weighted by molar-refractivity contribution is -0.131. The number of benzene rings is 1. The van der Waals surface area contributed by atoms with Gasteiger partial charge in [0.25, 0.3) is 0 Å². The topological polar surface area (TPSA) is 40.5 Å². The first kappa shape index (κ1) is 15.1. The van der Waals surface area contributed by atoms with Crippen molar-refractivity contribution in [3.05, 3.63) is 35.4 Å². The molecule has 3 rings (SSSR count). The highest BCUT2D eigenvalue weighted by Gasteiger charge is 2.25. The molecule has 22 heavy (non-hydrogen) atoms. The van der Waals surface area contributed by atoms with Gasteiger partial charge >= 0.3 is 5.97 Å². The lowest BCUT2D eigenvalue weighted by Gasteiger charge is -2.40. The summed E-state index contributed by atoms with van der Waals surface area (Å²) >= 11 is 0. The van der Waals surface area contributed by atoms with Gasteiger partial charge in [0.1, 0.15) is 0 Å². The van der Waals surface area contributed by atoms with Crippen LogP contribution in [0.4, 0.5) is 5.69 Å². The third-order valence-corrected chi connectivity index (χ3v) is 5.04. The number of carbonyl (C=O) groups is 1. The molecule has 0 atom stereocenters. The molecule has 0 aromatic heterocycles. The van der Waals surface area contributed by atoms with Crippen LogP contribution in [0.2, 0.25) is 0 Å². The van der Waals surface area contributed by atoms with Crippen molar-refractivity contribution in [1.82, 2.24) is 0 Å². The highest BCUT2D eigenvalue weighted by molar-refractivity contribution is 5.89. The standard InChI is InChI=1S/C19H25NO2/c1-14(12-19(21)22)15-9-10-18-16(13-15)6-5-11-20(18)17-7-3-2-4-8-17/h9-10,12-13,17H,2-8,11H2,1H3,(H,21,22)/b14-12+. The van der Waals surface area contributed by atoms with Gasteiger partial charge in [-0.2, -0.15) is 0 Å². The van der Waals surface area contributed by atoms with Crippen LogP contribution >= 0.6 is 0 Å². The summed E-state index contributed by atoms with van der Waals surface area (Å²) in [5, 5.41) is 8.91. The Morgan fingerprint density at radius 1 is 1.23 bits per heavy atom. The highest BCUT2D eigenvalue weighted by atomic mass is 16.4. The molecule has 0 radical (unpaired) electrons. The SMILES string of the molecule is C/C(=C\C(=O)O)c1ccc2c(c1)CCCN2C1CCCCC1. The van der Waals surface area contributed by atoms with Crippen LogP contribution in [0.15, 0.2) is 24.3 Å². The average molecular weight is 299 g/mol. The van der Waals surface area contributed by atoms with Crippen LogP contribution in [0, 0.1) is 0 Å². The Labute approximate surface area is 132 Å². The van der Waals surface area contributed by atoms with E-state index in [9.17, 15) is 4.79 Å². The van der Waals surface area contributed by atoms with Crippen molar-refractivity contribution >= 4 is 17.2 Å². The van der Waals surface area contributed by atoms with Crippen LogP contribution in [0.3, 0.4) is 0 Å². The van der Waals surface area contributed by atoms with Gasteiger partial charge in [-0.3, -0.25) is 0 Å². The predicted molar refractivity (Wildman–Crippen MR) is 90.3 cm³/mol. The molecule has 1 N–H and O–H groups in total. The largest absolute Gasteiger partial charge is 0.478 e. The van der Waals surface area contributed by atoms with Crippen LogP contribution < -0.4 is 4.90 Å². The molecule has 3 nitrogen and oxygen atoms in total. The van der Waals surface area contributed by atoms with Gasteiger partial charge in [0.05, 0.1) is 0 Å². The van der Waals surface area contributed by atoms with Gasteiger partial charge < -0.3 is 10.0 Å². The van der Waals surface area contributed by atoms with Gasteiger partial charge in [0, 0.05) is 24.4 Å². The third-order valence-electron chi connectivity index (χ3n) is 5.04. The fourth-order valence-corrected chi connectivity index (χ4v) is 3.91. The highest BCUT2D eigenvalue weighted by Crippen LogP contribution is 2.35. The third kappa shape index (κ3) is 3.18. The fourth-order valence-electron chi connectivity index (χ4n) is 3.91. The number of anilines is 1. The Balaban J connectivity index is 1.87. The summed E-state index contributed by atoms with van der Waals surface area (Å²) in [7, 11) is 0. The van der Waals surface area contributed by atoms with Crippen LogP contribution in [-0.4, -0.2) is 23.7 Å². The first-order chi connectivity index (χ1) is 10.6. The van der Waals surface area contributed by atoms with Crippen molar-refractivity contribution < 1.29 is 9.90 Å². The molecule has 1 aromatic rings. The number of carboxylic acid groups (broad SMARTS) is 1. The molecule has 0 spiro atoms. The van der Waals surface area contributed by atoms with E-state index in [0.717, 1.165) is 17.6 Å². The summed E-state index contributed by atoms with van der Waals surface area (Å²) in [5.41, 5.74) is 4.62. The number of hydrogen-bond donors (Lipinski definition) is 1. The Morgan fingerprint density at radius 2 is 2.00 bits per heavy atom. The maximum Gasteiger partial charge on any atom is 0.328 e. The second-order valence-electron chi connectivity index (χ2n) is 6.60. The smallest absolute Gasteiger partial charge is 0.328 e. The molecule has 0 saturated heterocycles. The summed E-state index contributed by atoms with van der Waals surface area (Å²) < 4.78 is 0.